The minimum Gasteiger partial charge on any atom is -0.381 e. The quantitative estimate of drug-likeness (QED) is 0.528. The molecule has 1 aliphatic rings. The van der Waals surface area contributed by atoms with E-state index in [1.165, 1.54) is 23.5 Å². The van der Waals surface area contributed by atoms with E-state index in [9.17, 15) is 9.18 Å². The number of fused-ring (bicyclic) bond motifs is 1. The van der Waals surface area contributed by atoms with Gasteiger partial charge in [0.05, 0.1) is 11.0 Å². The Morgan fingerprint density at radius 1 is 1.30 bits per heavy atom. The number of anilines is 1. The number of hydrogen-bond donors (Lipinski definition) is 1. The standard InChI is InChI=1S/C22H25FN4O2S/c1-13(16-4-3-5-17(23)12-16)24-22-26-19(20-21(27-22)25-14(2)30-20)18(28)7-6-15-8-10-29-11-9-15/h3-5,12-13,15H,6-11H2,1-2H3,(H,24,26,27)/t13-/m0/s1. The highest BCUT2D eigenvalue weighted by Gasteiger charge is 2.21. The summed E-state index contributed by atoms with van der Waals surface area (Å²) in [6.45, 7) is 5.35. The topological polar surface area (TPSA) is 77.0 Å². The molecule has 3 aromatic rings. The molecule has 8 heteroatoms. The van der Waals surface area contributed by atoms with Gasteiger partial charge in [0.25, 0.3) is 0 Å². The second-order valence-corrected chi connectivity index (χ2v) is 8.92. The van der Waals surface area contributed by atoms with Crippen LogP contribution in [-0.4, -0.2) is 33.9 Å². The van der Waals surface area contributed by atoms with Crippen molar-refractivity contribution in [3.05, 3.63) is 46.3 Å². The van der Waals surface area contributed by atoms with Crippen LogP contribution in [0.2, 0.25) is 0 Å². The molecule has 4 rings (SSSR count). The average Bonchev–Trinajstić information content (AvgIpc) is 3.12. The Morgan fingerprint density at radius 3 is 2.87 bits per heavy atom. The smallest absolute Gasteiger partial charge is 0.225 e. The molecule has 3 heterocycles. The van der Waals surface area contributed by atoms with E-state index < -0.39 is 0 Å². The number of ketones is 1. The number of halogens is 1. The molecule has 1 aromatic carbocycles. The van der Waals surface area contributed by atoms with Crippen molar-refractivity contribution in [3.63, 3.8) is 0 Å². The summed E-state index contributed by atoms with van der Waals surface area (Å²) in [5, 5.41) is 4.04. The highest BCUT2D eigenvalue weighted by molar-refractivity contribution is 7.18. The molecule has 1 fully saturated rings. The number of carbonyl (C=O) groups excluding carboxylic acids is 1. The van der Waals surface area contributed by atoms with Gasteiger partial charge in [-0.25, -0.2) is 14.4 Å². The number of aromatic nitrogens is 3. The summed E-state index contributed by atoms with van der Waals surface area (Å²) in [5.41, 5.74) is 1.73. The predicted molar refractivity (Wildman–Crippen MR) is 115 cm³/mol. The van der Waals surface area contributed by atoms with Crippen molar-refractivity contribution in [2.45, 2.75) is 45.6 Å². The number of carbonyl (C=O) groups is 1. The van der Waals surface area contributed by atoms with Crippen LogP contribution in [0.5, 0.6) is 0 Å². The molecule has 1 atom stereocenters. The largest absolute Gasteiger partial charge is 0.381 e. The highest BCUT2D eigenvalue weighted by atomic mass is 32.1. The molecule has 1 aliphatic heterocycles. The lowest BCUT2D eigenvalue weighted by Gasteiger charge is -2.21. The van der Waals surface area contributed by atoms with E-state index in [-0.39, 0.29) is 17.6 Å². The lowest BCUT2D eigenvalue weighted by Crippen LogP contribution is -2.17. The number of nitrogens with zero attached hydrogens (tertiary/aromatic N) is 3. The van der Waals surface area contributed by atoms with E-state index in [1.807, 2.05) is 19.9 Å². The molecule has 158 valence electrons. The summed E-state index contributed by atoms with van der Waals surface area (Å²) in [5.74, 6) is 0.573. The Bertz CT molecular complexity index is 1050. The third kappa shape index (κ3) is 4.82. The minimum absolute atomic E-state index is 0.0130. The van der Waals surface area contributed by atoms with Gasteiger partial charge in [-0.15, -0.1) is 11.3 Å². The second-order valence-electron chi connectivity index (χ2n) is 7.72. The normalized spacial score (nSPS) is 16.0. The van der Waals surface area contributed by atoms with Crippen LogP contribution < -0.4 is 5.32 Å². The van der Waals surface area contributed by atoms with E-state index in [1.54, 1.807) is 6.07 Å². The highest BCUT2D eigenvalue weighted by Crippen LogP contribution is 2.28. The Balaban J connectivity index is 1.56. The summed E-state index contributed by atoms with van der Waals surface area (Å²) in [7, 11) is 0. The zero-order valence-corrected chi connectivity index (χ0v) is 18.0. The second kappa shape index (κ2) is 9.14. The number of ether oxygens (including phenoxy) is 1. The number of benzene rings is 1. The molecule has 30 heavy (non-hydrogen) atoms. The van der Waals surface area contributed by atoms with Crippen LogP contribution in [0, 0.1) is 18.7 Å². The average molecular weight is 429 g/mol. The molecule has 1 saturated heterocycles. The fourth-order valence-electron chi connectivity index (χ4n) is 3.72. The van der Waals surface area contributed by atoms with Gasteiger partial charge in [-0.1, -0.05) is 12.1 Å². The first-order valence-corrected chi connectivity index (χ1v) is 11.1. The van der Waals surface area contributed by atoms with E-state index in [2.05, 4.69) is 20.3 Å². The zero-order chi connectivity index (χ0) is 21.1. The Kier molecular flexibility index (Phi) is 6.34. The maximum atomic E-state index is 13.6. The molecule has 0 unspecified atom stereocenters. The predicted octanol–water partition coefficient (Wildman–Crippen LogP) is 5.10. The summed E-state index contributed by atoms with van der Waals surface area (Å²) < 4.78 is 19.7. The van der Waals surface area contributed by atoms with Gasteiger partial charge in [0.15, 0.2) is 11.4 Å². The van der Waals surface area contributed by atoms with E-state index in [4.69, 9.17) is 4.74 Å². The maximum Gasteiger partial charge on any atom is 0.225 e. The Labute approximate surface area is 178 Å². The van der Waals surface area contributed by atoms with Crippen LogP contribution in [0.25, 0.3) is 10.3 Å². The molecule has 0 radical (unpaired) electrons. The van der Waals surface area contributed by atoms with Crippen LogP contribution in [0.3, 0.4) is 0 Å². The van der Waals surface area contributed by atoms with Crippen LogP contribution in [0.15, 0.2) is 24.3 Å². The molecule has 2 aromatic heterocycles. The fraction of sp³-hybridized carbons (Fsp3) is 0.455. The molecule has 0 spiro atoms. The van der Waals surface area contributed by atoms with Crippen molar-refractivity contribution in [2.24, 2.45) is 5.92 Å². The minimum atomic E-state index is -0.295. The summed E-state index contributed by atoms with van der Waals surface area (Å²) in [4.78, 5) is 26.5. The van der Waals surface area contributed by atoms with Crippen molar-refractivity contribution >= 4 is 33.4 Å². The van der Waals surface area contributed by atoms with Gasteiger partial charge in [-0.2, -0.15) is 4.98 Å². The number of rotatable bonds is 7. The first-order valence-electron chi connectivity index (χ1n) is 10.3. The Morgan fingerprint density at radius 2 is 2.10 bits per heavy atom. The van der Waals surface area contributed by atoms with Crippen molar-refractivity contribution < 1.29 is 13.9 Å². The third-order valence-electron chi connectivity index (χ3n) is 5.44. The zero-order valence-electron chi connectivity index (χ0n) is 17.2. The van der Waals surface area contributed by atoms with Crippen molar-refractivity contribution in [1.29, 1.82) is 0 Å². The molecular weight excluding hydrogens is 403 g/mol. The SMILES string of the molecule is Cc1nc2nc(N[C@@H](C)c3cccc(F)c3)nc(C(=O)CCC3CCOCC3)c2s1. The van der Waals surface area contributed by atoms with E-state index in [0.717, 1.165) is 47.7 Å². The van der Waals surface area contributed by atoms with Gasteiger partial charge in [-0.3, -0.25) is 4.79 Å². The van der Waals surface area contributed by atoms with Gasteiger partial charge >= 0.3 is 0 Å². The number of thiazole rings is 1. The van der Waals surface area contributed by atoms with Gasteiger partial charge < -0.3 is 10.1 Å². The molecule has 0 bridgehead atoms. The van der Waals surface area contributed by atoms with Gasteiger partial charge in [0, 0.05) is 19.6 Å². The molecule has 0 amide bonds. The van der Waals surface area contributed by atoms with Crippen LogP contribution >= 0.6 is 11.3 Å². The summed E-state index contributed by atoms with van der Waals surface area (Å²) in [6.07, 6.45) is 3.30. The number of aryl methyl sites for hydroxylation is 1. The van der Waals surface area contributed by atoms with Gasteiger partial charge in [-0.05, 0) is 56.7 Å². The number of nitrogens with one attached hydrogen (secondary N) is 1. The van der Waals surface area contributed by atoms with Crippen LogP contribution in [-0.2, 0) is 4.74 Å². The first-order chi connectivity index (χ1) is 14.5. The van der Waals surface area contributed by atoms with E-state index >= 15 is 0 Å². The van der Waals surface area contributed by atoms with Crippen molar-refractivity contribution in [3.8, 4) is 0 Å². The first kappa shape index (κ1) is 20.8. The van der Waals surface area contributed by atoms with E-state index in [0.29, 0.717) is 29.6 Å². The lowest BCUT2D eigenvalue weighted by molar-refractivity contribution is 0.0619. The maximum absolute atomic E-state index is 13.6. The third-order valence-corrected chi connectivity index (χ3v) is 6.41. The summed E-state index contributed by atoms with van der Waals surface area (Å²) >= 11 is 1.44. The fourth-order valence-corrected chi connectivity index (χ4v) is 4.59. The van der Waals surface area contributed by atoms with Gasteiger partial charge in [0.2, 0.25) is 5.95 Å². The molecule has 0 aliphatic carbocycles. The monoisotopic (exact) mass is 428 g/mol. The molecular formula is C22H25FN4O2S. The van der Waals surface area contributed by atoms with Gasteiger partial charge in [0.1, 0.15) is 16.2 Å². The van der Waals surface area contributed by atoms with Crippen molar-refractivity contribution in [1.82, 2.24) is 15.0 Å². The molecule has 1 N–H and O–H groups in total. The number of Topliss-reactive ketones (excluding diaryl/α,β-unsaturated/α-hetero) is 1. The molecule has 6 nitrogen and oxygen atoms in total. The number of hydrogen-bond acceptors (Lipinski definition) is 7. The Hall–Kier alpha value is -2.45. The van der Waals surface area contributed by atoms with Crippen LogP contribution in [0.4, 0.5) is 10.3 Å². The van der Waals surface area contributed by atoms with Crippen LogP contribution in [0.1, 0.15) is 59.7 Å². The lowest BCUT2D eigenvalue weighted by atomic mass is 9.93. The van der Waals surface area contributed by atoms with Crippen molar-refractivity contribution in [2.75, 3.05) is 18.5 Å². The molecule has 0 saturated carbocycles. The summed E-state index contributed by atoms with van der Waals surface area (Å²) in [6, 6.07) is 6.17.